The van der Waals surface area contributed by atoms with Crippen LogP contribution in [0.15, 0.2) is 77.9 Å². The molecule has 150 valence electrons. The van der Waals surface area contributed by atoms with E-state index in [-0.39, 0.29) is 0 Å². The molecule has 1 heterocycles. The van der Waals surface area contributed by atoms with Gasteiger partial charge < -0.3 is 25.3 Å². The molecule has 3 rings (SSSR count). The number of ether oxygens (including phenoxy) is 3. The Morgan fingerprint density at radius 2 is 1.72 bits per heavy atom. The van der Waals surface area contributed by atoms with Gasteiger partial charge in [-0.1, -0.05) is 36.4 Å². The summed E-state index contributed by atoms with van der Waals surface area (Å²) in [5, 5.41) is 3.03. The van der Waals surface area contributed by atoms with E-state index in [1.54, 1.807) is 19.4 Å². The lowest BCUT2D eigenvalue weighted by atomic mass is 10.3. The van der Waals surface area contributed by atoms with Gasteiger partial charge in [-0.25, -0.2) is 9.98 Å². The molecule has 0 aliphatic carbocycles. The van der Waals surface area contributed by atoms with Crippen LogP contribution in [0.25, 0.3) is 0 Å². The summed E-state index contributed by atoms with van der Waals surface area (Å²) in [7, 11) is 1.61. The number of hydrogen-bond acceptors (Lipinski definition) is 5. The van der Waals surface area contributed by atoms with Crippen LogP contribution in [0.1, 0.15) is 5.56 Å². The molecule has 0 unspecified atom stereocenters. The van der Waals surface area contributed by atoms with Crippen molar-refractivity contribution in [2.75, 3.05) is 25.6 Å². The molecule has 0 aliphatic rings. The van der Waals surface area contributed by atoms with Crippen LogP contribution in [-0.2, 0) is 6.54 Å². The van der Waals surface area contributed by atoms with Gasteiger partial charge in [0, 0.05) is 12.3 Å². The Morgan fingerprint density at radius 1 is 0.966 bits per heavy atom. The maximum atomic E-state index is 5.96. The molecule has 7 nitrogen and oxygen atoms in total. The fourth-order valence-corrected chi connectivity index (χ4v) is 2.51. The van der Waals surface area contributed by atoms with Gasteiger partial charge in [0.2, 0.25) is 5.88 Å². The number of benzene rings is 2. The smallest absolute Gasteiger partial charge is 0.213 e. The van der Waals surface area contributed by atoms with Gasteiger partial charge >= 0.3 is 0 Å². The van der Waals surface area contributed by atoms with Crippen LogP contribution in [0.3, 0.4) is 0 Å². The first-order chi connectivity index (χ1) is 14.2. The second-order valence-electron chi connectivity index (χ2n) is 6.04. The number of guanidine groups is 1. The van der Waals surface area contributed by atoms with Crippen molar-refractivity contribution >= 4 is 11.6 Å². The quantitative estimate of drug-likeness (QED) is 0.329. The van der Waals surface area contributed by atoms with Crippen molar-refractivity contribution in [2.45, 2.75) is 6.54 Å². The Labute approximate surface area is 170 Å². The third-order valence-electron chi connectivity index (χ3n) is 3.94. The maximum Gasteiger partial charge on any atom is 0.213 e. The second kappa shape index (κ2) is 10.6. The number of para-hydroxylation sites is 3. The zero-order valence-electron chi connectivity index (χ0n) is 16.2. The molecule has 2 aromatic carbocycles. The summed E-state index contributed by atoms with van der Waals surface area (Å²) in [6, 6.07) is 20.8. The zero-order chi connectivity index (χ0) is 20.3. The number of aliphatic imine (C=N–C) groups is 1. The monoisotopic (exact) mass is 392 g/mol. The molecule has 0 fully saturated rings. The van der Waals surface area contributed by atoms with Gasteiger partial charge in [0.15, 0.2) is 5.96 Å². The zero-order valence-corrected chi connectivity index (χ0v) is 16.2. The summed E-state index contributed by atoms with van der Waals surface area (Å²) in [6.07, 6.45) is 1.72. The molecule has 0 atom stereocenters. The Hall–Kier alpha value is -3.74. The molecule has 29 heavy (non-hydrogen) atoms. The minimum Gasteiger partial charge on any atom is -0.495 e. The first kappa shape index (κ1) is 20.0. The Kier molecular flexibility index (Phi) is 7.28. The normalized spacial score (nSPS) is 11.0. The maximum absolute atomic E-state index is 5.96. The summed E-state index contributed by atoms with van der Waals surface area (Å²) in [5.74, 6) is 2.35. The van der Waals surface area contributed by atoms with E-state index in [1.165, 1.54) is 0 Å². The molecule has 0 bridgehead atoms. The number of nitrogens with zero attached hydrogens (tertiary/aromatic N) is 2. The van der Waals surface area contributed by atoms with Crippen molar-refractivity contribution in [1.82, 2.24) is 4.98 Å². The molecule has 0 radical (unpaired) electrons. The van der Waals surface area contributed by atoms with E-state index in [2.05, 4.69) is 15.3 Å². The number of nitrogens with two attached hydrogens (primary N) is 1. The molecular formula is C22H24N4O3. The van der Waals surface area contributed by atoms with Crippen LogP contribution >= 0.6 is 0 Å². The molecule has 0 saturated heterocycles. The van der Waals surface area contributed by atoms with Gasteiger partial charge in [0.25, 0.3) is 0 Å². The number of pyridine rings is 1. The molecule has 0 spiro atoms. The molecule has 7 heteroatoms. The number of aromatic nitrogens is 1. The van der Waals surface area contributed by atoms with Crippen LogP contribution in [0.5, 0.6) is 17.4 Å². The van der Waals surface area contributed by atoms with E-state index in [0.717, 1.165) is 17.0 Å². The predicted octanol–water partition coefficient (Wildman–Crippen LogP) is 3.47. The lowest BCUT2D eigenvalue weighted by molar-refractivity contribution is 0.212. The number of hydrogen-bond donors (Lipinski definition) is 2. The molecular weight excluding hydrogens is 368 g/mol. The lowest BCUT2D eigenvalue weighted by Gasteiger charge is -2.10. The summed E-state index contributed by atoms with van der Waals surface area (Å²) >= 11 is 0. The molecule has 0 saturated carbocycles. The highest BCUT2D eigenvalue weighted by Gasteiger charge is 2.03. The van der Waals surface area contributed by atoms with Gasteiger partial charge in [-0.3, -0.25) is 0 Å². The molecule has 0 amide bonds. The van der Waals surface area contributed by atoms with E-state index in [0.29, 0.717) is 37.3 Å². The largest absolute Gasteiger partial charge is 0.495 e. The van der Waals surface area contributed by atoms with Crippen molar-refractivity contribution < 1.29 is 14.2 Å². The molecule has 3 N–H and O–H groups in total. The Morgan fingerprint density at radius 3 is 2.48 bits per heavy atom. The van der Waals surface area contributed by atoms with Gasteiger partial charge in [0.05, 0.1) is 19.3 Å². The topological polar surface area (TPSA) is 91.0 Å². The summed E-state index contributed by atoms with van der Waals surface area (Å²) < 4.78 is 16.5. The highest BCUT2D eigenvalue weighted by Crippen LogP contribution is 2.22. The fraction of sp³-hybridized carbons (Fsp3) is 0.182. The van der Waals surface area contributed by atoms with Gasteiger partial charge in [-0.05, 0) is 29.8 Å². The second-order valence-corrected chi connectivity index (χ2v) is 6.04. The summed E-state index contributed by atoms with van der Waals surface area (Å²) in [4.78, 5) is 8.62. The highest BCUT2D eigenvalue weighted by molar-refractivity contribution is 5.93. The first-order valence-corrected chi connectivity index (χ1v) is 9.20. The number of rotatable bonds is 9. The van der Waals surface area contributed by atoms with E-state index >= 15 is 0 Å². The van der Waals surface area contributed by atoms with Crippen molar-refractivity contribution in [1.29, 1.82) is 0 Å². The average molecular weight is 392 g/mol. The summed E-state index contributed by atoms with van der Waals surface area (Å²) in [5.41, 5.74) is 7.64. The Bertz CT molecular complexity index is 915. The van der Waals surface area contributed by atoms with E-state index < -0.39 is 0 Å². The van der Waals surface area contributed by atoms with E-state index in [9.17, 15) is 0 Å². The fourth-order valence-electron chi connectivity index (χ4n) is 2.51. The van der Waals surface area contributed by atoms with Crippen molar-refractivity contribution in [3.05, 3.63) is 78.5 Å². The van der Waals surface area contributed by atoms with Crippen molar-refractivity contribution in [3.8, 4) is 17.4 Å². The average Bonchev–Trinajstić information content (AvgIpc) is 2.77. The standard InChI is InChI=1S/C22H24N4O3/c1-27-20-10-6-5-9-19(20)26-22(23)25-16-17-11-12-21(24-15-17)29-14-13-28-18-7-3-2-4-8-18/h2-12,15H,13-14,16H2,1H3,(H3,23,25,26). The van der Waals surface area contributed by atoms with Gasteiger partial charge in [0.1, 0.15) is 24.7 Å². The third-order valence-corrected chi connectivity index (χ3v) is 3.94. The lowest BCUT2D eigenvalue weighted by Crippen LogP contribution is -2.22. The molecule has 1 aromatic heterocycles. The molecule has 0 aliphatic heterocycles. The van der Waals surface area contributed by atoms with Crippen LogP contribution < -0.4 is 25.3 Å². The third kappa shape index (κ3) is 6.42. The van der Waals surface area contributed by atoms with Gasteiger partial charge in [-0.2, -0.15) is 0 Å². The van der Waals surface area contributed by atoms with Crippen LogP contribution in [0, 0.1) is 0 Å². The minimum absolute atomic E-state index is 0.299. The molecule has 3 aromatic rings. The van der Waals surface area contributed by atoms with Crippen LogP contribution in [0.4, 0.5) is 5.69 Å². The van der Waals surface area contributed by atoms with Gasteiger partial charge in [-0.15, -0.1) is 0 Å². The SMILES string of the molecule is COc1ccccc1NC(N)=NCc1ccc(OCCOc2ccccc2)nc1. The number of methoxy groups -OCH3 is 1. The number of anilines is 1. The van der Waals surface area contributed by atoms with Crippen molar-refractivity contribution in [3.63, 3.8) is 0 Å². The van der Waals surface area contributed by atoms with Crippen LogP contribution in [-0.4, -0.2) is 31.3 Å². The minimum atomic E-state index is 0.299. The van der Waals surface area contributed by atoms with Crippen LogP contribution in [0.2, 0.25) is 0 Å². The number of nitrogens with one attached hydrogen (secondary N) is 1. The van der Waals surface area contributed by atoms with E-state index in [1.807, 2.05) is 60.7 Å². The highest BCUT2D eigenvalue weighted by atomic mass is 16.5. The predicted molar refractivity (Wildman–Crippen MR) is 114 cm³/mol. The summed E-state index contributed by atoms with van der Waals surface area (Å²) in [6.45, 7) is 1.26. The van der Waals surface area contributed by atoms with Crippen molar-refractivity contribution in [2.24, 2.45) is 10.7 Å². The van der Waals surface area contributed by atoms with E-state index in [4.69, 9.17) is 19.9 Å². The first-order valence-electron chi connectivity index (χ1n) is 9.20. The Balaban J connectivity index is 1.44.